The first kappa shape index (κ1) is 23.0. The fraction of sp³-hybridized carbons (Fsp3) is 0.107. The van der Waals surface area contributed by atoms with Gasteiger partial charge in [0.1, 0.15) is 6.04 Å². The molecule has 7 heteroatoms. The van der Waals surface area contributed by atoms with E-state index in [1.54, 1.807) is 17.6 Å². The molecule has 0 radical (unpaired) electrons. The first-order valence-corrected chi connectivity index (χ1v) is 12.9. The van der Waals surface area contributed by atoms with Gasteiger partial charge in [-0.1, -0.05) is 90.2 Å². The molecule has 2 aromatic heterocycles. The number of rotatable bonds is 6. The van der Waals surface area contributed by atoms with Crippen molar-refractivity contribution in [3.05, 3.63) is 126 Å². The van der Waals surface area contributed by atoms with Crippen LogP contribution in [0, 0.1) is 0 Å². The number of allylic oxidation sites excluding steroid dienone is 1. The first-order valence-electron chi connectivity index (χ1n) is 11.2. The summed E-state index contributed by atoms with van der Waals surface area (Å²) in [4.78, 5) is 33.1. The largest absolute Gasteiger partial charge is 0.463 e. The zero-order valence-electron chi connectivity index (χ0n) is 19.0. The summed E-state index contributed by atoms with van der Waals surface area (Å²) in [5, 5.41) is 1.94. The lowest BCUT2D eigenvalue weighted by atomic mass is 9.97. The summed E-state index contributed by atoms with van der Waals surface area (Å²) >= 11 is 2.82. The Hall–Kier alpha value is -3.81. The van der Waals surface area contributed by atoms with Crippen LogP contribution in [0.2, 0.25) is 0 Å². The van der Waals surface area contributed by atoms with E-state index in [1.165, 1.54) is 22.7 Å². The van der Waals surface area contributed by atoms with Crippen molar-refractivity contribution < 1.29 is 9.53 Å². The lowest BCUT2D eigenvalue weighted by Crippen LogP contribution is -2.39. The third-order valence-corrected chi connectivity index (χ3v) is 7.45. The van der Waals surface area contributed by atoms with E-state index in [4.69, 9.17) is 9.73 Å². The lowest BCUT2D eigenvalue weighted by molar-refractivity contribution is -0.138. The number of esters is 1. The van der Waals surface area contributed by atoms with Crippen molar-refractivity contribution in [3.63, 3.8) is 0 Å². The SMILES string of the molecule is CCOC(=O)C1=C(c2ccccc2)N=c2s/c(=C/C=C/c3ccccc3)c(=O)n2[C@@H]1c1cccs1. The first-order chi connectivity index (χ1) is 17.2. The van der Waals surface area contributed by atoms with E-state index < -0.39 is 12.0 Å². The second-order valence-corrected chi connectivity index (χ2v) is 9.73. The van der Waals surface area contributed by atoms with Gasteiger partial charge in [-0.25, -0.2) is 9.79 Å². The summed E-state index contributed by atoms with van der Waals surface area (Å²) in [6.45, 7) is 2.01. The number of carbonyl (C=O) groups is 1. The number of thiazole rings is 1. The van der Waals surface area contributed by atoms with Gasteiger partial charge in [0.2, 0.25) is 0 Å². The van der Waals surface area contributed by atoms with Gasteiger partial charge in [0, 0.05) is 10.4 Å². The number of benzene rings is 2. The fourth-order valence-electron chi connectivity index (χ4n) is 3.98. The van der Waals surface area contributed by atoms with Crippen LogP contribution in [0.4, 0.5) is 0 Å². The minimum atomic E-state index is -0.610. The average Bonchev–Trinajstić information content (AvgIpc) is 3.53. The molecule has 0 spiro atoms. The van der Waals surface area contributed by atoms with Gasteiger partial charge in [0.25, 0.3) is 5.56 Å². The molecule has 0 N–H and O–H groups in total. The molecule has 0 amide bonds. The predicted octanol–water partition coefficient (Wildman–Crippen LogP) is 4.66. The zero-order valence-corrected chi connectivity index (χ0v) is 20.6. The zero-order chi connectivity index (χ0) is 24.2. The normalized spacial score (nSPS) is 15.8. The molecule has 5 nitrogen and oxygen atoms in total. The van der Waals surface area contributed by atoms with Crippen LogP contribution in [0.3, 0.4) is 0 Å². The Bertz CT molecular complexity index is 1580. The van der Waals surface area contributed by atoms with E-state index in [0.29, 0.717) is 20.6 Å². The molecule has 174 valence electrons. The van der Waals surface area contributed by atoms with Crippen LogP contribution in [-0.4, -0.2) is 17.1 Å². The topological polar surface area (TPSA) is 60.7 Å². The summed E-state index contributed by atoms with van der Waals surface area (Å²) in [7, 11) is 0. The van der Waals surface area contributed by atoms with Gasteiger partial charge in [-0.3, -0.25) is 9.36 Å². The van der Waals surface area contributed by atoms with Crippen molar-refractivity contribution >= 4 is 46.5 Å². The van der Waals surface area contributed by atoms with Crippen LogP contribution < -0.4 is 14.9 Å². The number of aromatic nitrogens is 1. The third-order valence-electron chi connectivity index (χ3n) is 5.52. The molecule has 1 aliphatic rings. The van der Waals surface area contributed by atoms with Gasteiger partial charge < -0.3 is 4.74 Å². The van der Waals surface area contributed by atoms with Crippen molar-refractivity contribution in [1.29, 1.82) is 0 Å². The Morgan fingerprint density at radius 3 is 2.49 bits per heavy atom. The van der Waals surface area contributed by atoms with E-state index in [9.17, 15) is 9.59 Å². The highest BCUT2D eigenvalue weighted by Gasteiger charge is 2.35. The van der Waals surface area contributed by atoms with Crippen LogP contribution in [-0.2, 0) is 9.53 Å². The molecular formula is C28H22N2O3S2. The van der Waals surface area contributed by atoms with Crippen LogP contribution in [0.15, 0.2) is 99.6 Å². The van der Waals surface area contributed by atoms with Crippen LogP contribution >= 0.6 is 22.7 Å². The second kappa shape index (κ2) is 10.2. The molecule has 0 fully saturated rings. The van der Waals surface area contributed by atoms with Gasteiger partial charge in [-0.05, 0) is 30.0 Å². The Kier molecular flexibility index (Phi) is 6.70. The monoisotopic (exact) mass is 498 g/mol. The minimum Gasteiger partial charge on any atom is -0.463 e. The molecule has 2 aromatic carbocycles. The highest BCUT2D eigenvalue weighted by molar-refractivity contribution is 7.10. The molecule has 1 atom stereocenters. The van der Waals surface area contributed by atoms with E-state index >= 15 is 0 Å². The molecule has 0 saturated carbocycles. The van der Waals surface area contributed by atoms with Crippen molar-refractivity contribution in [2.75, 3.05) is 6.61 Å². The Balaban J connectivity index is 1.73. The van der Waals surface area contributed by atoms with E-state index in [0.717, 1.165) is 16.0 Å². The van der Waals surface area contributed by atoms with Crippen molar-refractivity contribution in [3.8, 4) is 0 Å². The van der Waals surface area contributed by atoms with Crippen molar-refractivity contribution in [2.45, 2.75) is 13.0 Å². The lowest BCUT2D eigenvalue weighted by Gasteiger charge is -2.24. The van der Waals surface area contributed by atoms with Gasteiger partial charge in [-0.15, -0.1) is 11.3 Å². The third kappa shape index (κ3) is 4.60. The van der Waals surface area contributed by atoms with Gasteiger partial charge in [0.15, 0.2) is 4.80 Å². The highest BCUT2D eigenvalue weighted by atomic mass is 32.1. The van der Waals surface area contributed by atoms with Crippen molar-refractivity contribution in [2.24, 2.45) is 4.99 Å². The average molecular weight is 499 g/mol. The maximum atomic E-state index is 13.6. The molecule has 35 heavy (non-hydrogen) atoms. The van der Waals surface area contributed by atoms with Crippen LogP contribution in [0.25, 0.3) is 17.8 Å². The molecule has 0 saturated heterocycles. The van der Waals surface area contributed by atoms with Crippen molar-refractivity contribution in [1.82, 2.24) is 4.57 Å². The van der Waals surface area contributed by atoms with E-state index in [1.807, 2.05) is 90.3 Å². The van der Waals surface area contributed by atoms with Gasteiger partial charge in [-0.2, -0.15) is 0 Å². The number of fused-ring (bicyclic) bond motifs is 1. The number of ether oxygens (including phenoxy) is 1. The highest BCUT2D eigenvalue weighted by Crippen LogP contribution is 2.36. The molecule has 0 unspecified atom stereocenters. The summed E-state index contributed by atoms with van der Waals surface area (Å²) in [6, 6.07) is 22.7. The number of nitrogens with zero attached hydrogens (tertiary/aromatic N) is 2. The summed E-state index contributed by atoms with van der Waals surface area (Å²) in [5.74, 6) is -0.466. The second-order valence-electron chi connectivity index (χ2n) is 7.74. The Morgan fingerprint density at radius 2 is 1.80 bits per heavy atom. The Labute approximate surface area is 210 Å². The summed E-state index contributed by atoms with van der Waals surface area (Å²) in [6.07, 6.45) is 5.62. The molecule has 4 aromatic rings. The molecule has 3 heterocycles. The van der Waals surface area contributed by atoms with E-state index in [2.05, 4.69) is 0 Å². The summed E-state index contributed by atoms with van der Waals surface area (Å²) in [5.41, 5.74) is 2.58. The molecular weight excluding hydrogens is 476 g/mol. The maximum absolute atomic E-state index is 13.6. The number of carbonyl (C=O) groups excluding carboxylic acids is 1. The van der Waals surface area contributed by atoms with Crippen LogP contribution in [0.5, 0.6) is 0 Å². The standard InChI is InChI=1S/C28H22N2O3S2/c1-2-33-27(32)23-24(20-14-7-4-8-15-20)29-28-30(25(23)21-17-10-18-34-21)26(31)22(35-28)16-9-13-19-11-5-3-6-12-19/h3-18,25H,2H2,1H3/b13-9+,22-16+/t25-/m1/s1. The number of hydrogen-bond donors (Lipinski definition) is 0. The molecule has 0 aliphatic carbocycles. The number of hydrogen-bond acceptors (Lipinski definition) is 6. The van der Waals surface area contributed by atoms with Gasteiger partial charge in [0.05, 0.1) is 22.4 Å². The van der Waals surface area contributed by atoms with Crippen LogP contribution in [0.1, 0.15) is 29.0 Å². The minimum absolute atomic E-state index is 0.182. The maximum Gasteiger partial charge on any atom is 0.338 e. The predicted molar refractivity (Wildman–Crippen MR) is 142 cm³/mol. The summed E-state index contributed by atoms with van der Waals surface area (Å²) < 4.78 is 7.63. The molecule has 1 aliphatic heterocycles. The molecule has 5 rings (SSSR count). The Morgan fingerprint density at radius 1 is 1.06 bits per heavy atom. The number of thiophene rings is 1. The van der Waals surface area contributed by atoms with Gasteiger partial charge >= 0.3 is 5.97 Å². The smallest absolute Gasteiger partial charge is 0.338 e. The quantitative estimate of drug-likeness (QED) is 0.363. The fourth-order valence-corrected chi connectivity index (χ4v) is 5.76. The van der Waals surface area contributed by atoms with E-state index in [-0.39, 0.29) is 12.2 Å². The molecule has 0 bridgehead atoms.